The van der Waals surface area contributed by atoms with E-state index in [-0.39, 0.29) is 25.9 Å². The minimum atomic E-state index is -1.72. The maximum absolute atomic E-state index is 14.7. The molecule has 4 aromatic carbocycles. The Kier molecular flexibility index (Phi) is 9.83. The molecule has 0 aliphatic heterocycles. The normalized spacial score (nSPS) is 12.1. The number of fused-ring (bicyclic) bond motifs is 3. The van der Waals surface area contributed by atoms with Gasteiger partial charge in [0, 0.05) is 39.6 Å². The van der Waals surface area contributed by atoms with Crippen LogP contribution >= 0.6 is 11.3 Å². The fraction of sp³-hybridized carbons (Fsp3) is 0.150. The first-order valence-electron chi connectivity index (χ1n) is 15.9. The number of halogens is 1. The predicted octanol–water partition coefficient (Wildman–Crippen LogP) is 10.4. The minimum absolute atomic E-state index is 0. The number of aryl methyl sites for hydroxylation is 2. The molecular weight excluding hydrogens is 824 g/mol. The molecule has 0 bridgehead atoms. The molecule has 0 saturated carbocycles. The van der Waals surface area contributed by atoms with Gasteiger partial charge >= 0.3 is 99.8 Å². The third-order valence-corrected chi connectivity index (χ3v) is 13.2. The summed E-state index contributed by atoms with van der Waals surface area (Å²) in [7, 11) is 0. The SMILES string of the molecule is [2H]C([2H])(c1ccnc(-c2[c-]cc(F)c3c2sc2ccccc23)c1)c1c(C)cccc1C.[CH3][Ge]([CH3])([CH3])[c]1ccc(-c2[c-]cccc2)nc1.[Ir]. The van der Waals surface area contributed by atoms with Gasteiger partial charge in [-0.1, -0.05) is 42.5 Å². The number of rotatable bonds is 5. The zero-order valence-corrected chi connectivity index (χ0v) is 31.7. The van der Waals surface area contributed by atoms with Crippen LogP contribution in [0, 0.1) is 31.8 Å². The second kappa shape index (κ2) is 14.5. The molecule has 1 radical (unpaired) electrons. The molecule has 0 fully saturated rings. The van der Waals surface area contributed by atoms with E-state index in [1.165, 1.54) is 21.8 Å². The van der Waals surface area contributed by atoms with Crippen molar-refractivity contribution in [2.75, 3.05) is 0 Å². The molecule has 0 spiro atoms. The maximum atomic E-state index is 14.7. The van der Waals surface area contributed by atoms with E-state index in [0.717, 1.165) is 37.2 Å². The van der Waals surface area contributed by atoms with Crippen molar-refractivity contribution >= 4 is 49.2 Å². The van der Waals surface area contributed by atoms with Gasteiger partial charge in [0.05, 0.1) is 0 Å². The molecule has 6 heteroatoms. The number of thiophene rings is 1. The number of pyridine rings is 2. The first kappa shape index (κ1) is 31.1. The summed E-state index contributed by atoms with van der Waals surface area (Å²) in [6.45, 7) is 3.85. The number of hydrogen-bond acceptors (Lipinski definition) is 3. The molecule has 233 valence electrons. The van der Waals surface area contributed by atoms with Crippen LogP contribution < -0.4 is 4.40 Å². The first-order valence-corrected chi connectivity index (χ1v) is 23.1. The van der Waals surface area contributed by atoms with E-state index in [0.29, 0.717) is 27.8 Å². The molecule has 0 saturated heterocycles. The molecule has 0 atom stereocenters. The van der Waals surface area contributed by atoms with Crippen LogP contribution in [0.4, 0.5) is 4.39 Å². The Morgan fingerprint density at radius 3 is 2.30 bits per heavy atom. The quantitative estimate of drug-likeness (QED) is 0.127. The fourth-order valence-electron chi connectivity index (χ4n) is 5.27. The molecule has 0 unspecified atom stereocenters. The van der Waals surface area contributed by atoms with Gasteiger partial charge in [0.15, 0.2) is 0 Å². The van der Waals surface area contributed by atoms with Gasteiger partial charge in [-0.25, -0.2) is 0 Å². The van der Waals surface area contributed by atoms with Crippen LogP contribution in [0.15, 0.2) is 109 Å². The van der Waals surface area contributed by atoms with Crippen molar-refractivity contribution in [2.24, 2.45) is 0 Å². The van der Waals surface area contributed by atoms with Gasteiger partial charge in [0.25, 0.3) is 0 Å². The van der Waals surface area contributed by atoms with Crippen molar-refractivity contribution in [1.82, 2.24) is 9.97 Å². The van der Waals surface area contributed by atoms with Crippen LogP contribution in [0.1, 0.15) is 25.0 Å². The second-order valence-electron chi connectivity index (χ2n) is 12.1. The zero-order valence-electron chi connectivity index (χ0n) is 28.4. The standard InChI is InChI=1S/C26H19FNS.C14H16GeN.Ir/c1-16-6-5-7-17(2)21(16)14-18-12-13-28-23(15-18)19-10-11-22(27)25-20-8-3-4-9-24(20)29-26(19)25;1-15(2,3)13-9-10-14(16-11-13)12-7-5-4-6-8-12;/h3-9,11-13,15H,14H2,1-2H3;4-7,9-11H,1-3H3;/q2*-1;/i14D2;;. The van der Waals surface area contributed by atoms with Crippen molar-refractivity contribution in [3.63, 3.8) is 0 Å². The molecule has 3 aromatic heterocycles. The average Bonchev–Trinajstić information content (AvgIpc) is 3.46. The van der Waals surface area contributed by atoms with Gasteiger partial charge < -0.3 is 4.98 Å². The summed E-state index contributed by atoms with van der Waals surface area (Å²) in [6, 6.07) is 36.9. The Bertz CT molecular complexity index is 2180. The molecule has 0 N–H and O–H groups in total. The summed E-state index contributed by atoms with van der Waals surface area (Å²) in [5.41, 5.74) is 6.35. The molecule has 2 nitrogen and oxygen atoms in total. The van der Waals surface area contributed by atoms with Crippen molar-refractivity contribution in [3.05, 3.63) is 150 Å². The summed E-state index contributed by atoms with van der Waals surface area (Å²) >= 11 is -0.209. The van der Waals surface area contributed by atoms with Crippen molar-refractivity contribution in [2.45, 2.75) is 37.5 Å². The Labute approximate surface area is 294 Å². The predicted molar refractivity (Wildman–Crippen MR) is 192 cm³/mol. The number of aromatic nitrogens is 2. The second-order valence-corrected chi connectivity index (χ2v) is 23.8. The van der Waals surface area contributed by atoms with Crippen LogP contribution in [0.25, 0.3) is 42.7 Å². The van der Waals surface area contributed by atoms with Gasteiger partial charge in [0.2, 0.25) is 0 Å². The summed E-state index contributed by atoms with van der Waals surface area (Å²) in [5.74, 6) is 6.83. The van der Waals surface area contributed by atoms with E-state index in [1.807, 2.05) is 86.8 Å². The van der Waals surface area contributed by atoms with Crippen LogP contribution in [0.5, 0.6) is 0 Å². The van der Waals surface area contributed by atoms with Crippen molar-refractivity contribution in [3.8, 4) is 22.5 Å². The van der Waals surface area contributed by atoms with Gasteiger partial charge in [0.1, 0.15) is 0 Å². The molecule has 7 aromatic rings. The van der Waals surface area contributed by atoms with Crippen molar-refractivity contribution in [1.29, 1.82) is 0 Å². The van der Waals surface area contributed by atoms with Crippen LogP contribution in [0.2, 0.25) is 17.3 Å². The van der Waals surface area contributed by atoms with E-state index in [2.05, 4.69) is 51.5 Å². The minimum Gasteiger partial charge on any atom is 0 e. The summed E-state index contributed by atoms with van der Waals surface area (Å²) in [4.78, 5) is 9.03. The molecule has 0 amide bonds. The Balaban J connectivity index is 0.000000224. The Morgan fingerprint density at radius 2 is 1.61 bits per heavy atom. The summed E-state index contributed by atoms with van der Waals surface area (Å²) in [6.07, 6.45) is 1.97. The van der Waals surface area contributed by atoms with Gasteiger partial charge in [-0.2, -0.15) is 11.3 Å². The molecule has 7 rings (SSSR count). The maximum Gasteiger partial charge on any atom is 0 e. The van der Waals surface area contributed by atoms with Crippen LogP contribution in [-0.4, -0.2) is 23.2 Å². The van der Waals surface area contributed by atoms with Gasteiger partial charge in [-0.3, -0.25) is 4.39 Å². The molecule has 0 aliphatic carbocycles. The first-order chi connectivity index (χ1) is 22.4. The smallest absolute Gasteiger partial charge is 0 e. The van der Waals surface area contributed by atoms with E-state index in [9.17, 15) is 4.39 Å². The Morgan fingerprint density at radius 1 is 0.848 bits per heavy atom. The summed E-state index contributed by atoms with van der Waals surface area (Å²) < 4.78 is 35.7. The fourth-order valence-corrected chi connectivity index (χ4v) is 8.67. The van der Waals surface area contributed by atoms with E-state index >= 15 is 0 Å². The van der Waals surface area contributed by atoms with E-state index in [1.54, 1.807) is 18.3 Å². The number of hydrogen-bond donors (Lipinski definition) is 0. The molecule has 3 heterocycles. The number of nitrogens with zero attached hydrogens (tertiary/aromatic N) is 2. The van der Waals surface area contributed by atoms with Crippen molar-refractivity contribution < 1.29 is 27.2 Å². The van der Waals surface area contributed by atoms with E-state index < -0.39 is 19.6 Å². The third kappa shape index (κ3) is 7.39. The molecular formula is C40H35FGeIrN2S-2. The van der Waals surface area contributed by atoms with E-state index in [4.69, 9.17) is 2.74 Å². The zero-order chi connectivity index (χ0) is 33.3. The topological polar surface area (TPSA) is 25.8 Å². The molecule has 0 aliphatic rings. The van der Waals surface area contributed by atoms with Crippen LogP contribution in [-0.2, 0) is 26.5 Å². The Hall–Kier alpha value is -3.48. The largest absolute Gasteiger partial charge is 0 e. The average molecular weight is 862 g/mol. The third-order valence-electron chi connectivity index (χ3n) is 7.79. The van der Waals surface area contributed by atoms with Gasteiger partial charge in [-0.15, -0.1) is 17.7 Å². The number of benzene rings is 4. The van der Waals surface area contributed by atoms with Gasteiger partial charge in [-0.05, 0) is 75.8 Å². The monoisotopic (exact) mass is 863 g/mol. The summed E-state index contributed by atoms with van der Waals surface area (Å²) in [5, 5.41) is 1.44. The molecule has 46 heavy (non-hydrogen) atoms. The van der Waals surface area contributed by atoms with Crippen LogP contribution in [0.3, 0.4) is 0 Å².